The van der Waals surface area contributed by atoms with Gasteiger partial charge in [-0.2, -0.15) is 0 Å². The van der Waals surface area contributed by atoms with Crippen molar-refractivity contribution in [1.82, 2.24) is 10.3 Å². The summed E-state index contributed by atoms with van der Waals surface area (Å²) in [5.74, 6) is 1.48. The van der Waals surface area contributed by atoms with E-state index in [-0.39, 0.29) is 0 Å². The van der Waals surface area contributed by atoms with E-state index in [9.17, 15) is 0 Å². The Hall–Kier alpha value is -1.87. The number of aryl methyl sites for hydroxylation is 1. The molecule has 0 aliphatic rings. The SMILES string of the molecule is CCNCc1cccc(Oc2cccc(CC)c2)n1. The second-order valence-corrected chi connectivity index (χ2v) is 4.35. The van der Waals surface area contributed by atoms with Gasteiger partial charge in [0, 0.05) is 12.6 Å². The van der Waals surface area contributed by atoms with Crippen LogP contribution in [0, 0.1) is 0 Å². The summed E-state index contributed by atoms with van der Waals surface area (Å²) in [7, 11) is 0. The second-order valence-electron chi connectivity index (χ2n) is 4.35. The van der Waals surface area contributed by atoms with E-state index in [4.69, 9.17) is 4.74 Å². The van der Waals surface area contributed by atoms with Gasteiger partial charge >= 0.3 is 0 Å². The lowest BCUT2D eigenvalue weighted by atomic mass is 10.2. The summed E-state index contributed by atoms with van der Waals surface area (Å²) >= 11 is 0. The molecule has 2 aromatic rings. The largest absolute Gasteiger partial charge is 0.439 e. The molecule has 0 amide bonds. The molecule has 3 nitrogen and oxygen atoms in total. The fourth-order valence-corrected chi connectivity index (χ4v) is 1.82. The maximum Gasteiger partial charge on any atom is 0.219 e. The Bertz CT molecular complexity index is 526. The van der Waals surface area contributed by atoms with Gasteiger partial charge in [-0.25, -0.2) is 4.98 Å². The number of nitrogens with one attached hydrogen (secondary N) is 1. The van der Waals surface area contributed by atoms with Crippen LogP contribution in [-0.2, 0) is 13.0 Å². The van der Waals surface area contributed by atoms with E-state index in [1.54, 1.807) is 0 Å². The summed E-state index contributed by atoms with van der Waals surface area (Å²) in [4.78, 5) is 4.48. The molecule has 1 N–H and O–H groups in total. The predicted molar refractivity (Wildman–Crippen MR) is 77.5 cm³/mol. The van der Waals surface area contributed by atoms with Gasteiger partial charge in [0.25, 0.3) is 0 Å². The normalized spacial score (nSPS) is 10.4. The minimum absolute atomic E-state index is 0.642. The van der Waals surface area contributed by atoms with Crippen molar-refractivity contribution in [2.24, 2.45) is 0 Å². The lowest BCUT2D eigenvalue weighted by Crippen LogP contribution is -2.12. The highest BCUT2D eigenvalue weighted by Crippen LogP contribution is 2.20. The van der Waals surface area contributed by atoms with Crippen LogP contribution in [0.1, 0.15) is 25.1 Å². The lowest BCUT2D eigenvalue weighted by Gasteiger charge is -2.08. The molecule has 0 spiro atoms. The van der Waals surface area contributed by atoms with Gasteiger partial charge in [-0.3, -0.25) is 0 Å². The molecule has 0 saturated heterocycles. The van der Waals surface area contributed by atoms with Gasteiger partial charge in [-0.1, -0.05) is 32.0 Å². The summed E-state index contributed by atoms with van der Waals surface area (Å²) in [5, 5.41) is 3.26. The number of pyridine rings is 1. The molecule has 0 fully saturated rings. The molecule has 3 heteroatoms. The Balaban J connectivity index is 2.09. The predicted octanol–water partition coefficient (Wildman–Crippen LogP) is 3.55. The summed E-state index contributed by atoms with van der Waals surface area (Å²) in [5.41, 5.74) is 2.26. The van der Waals surface area contributed by atoms with Crippen LogP contribution in [0.3, 0.4) is 0 Å². The van der Waals surface area contributed by atoms with E-state index in [1.807, 2.05) is 30.3 Å². The van der Waals surface area contributed by atoms with Crippen LogP contribution < -0.4 is 10.1 Å². The molecule has 0 aliphatic heterocycles. The highest BCUT2D eigenvalue weighted by Gasteiger charge is 2.01. The summed E-state index contributed by atoms with van der Waals surface area (Å²) in [6, 6.07) is 14.0. The van der Waals surface area contributed by atoms with Gasteiger partial charge in [0.05, 0.1) is 5.69 Å². The molecule has 2 rings (SSSR count). The van der Waals surface area contributed by atoms with Crippen molar-refractivity contribution in [3.63, 3.8) is 0 Å². The number of hydrogen-bond acceptors (Lipinski definition) is 3. The number of ether oxygens (including phenoxy) is 1. The van der Waals surface area contributed by atoms with E-state index < -0.39 is 0 Å². The van der Waals surface area contributed by atoms with Crippen LogP contribution in [-0.4, -0.2) is 11.5 Å². The van der Waals surface area contributed by atoms with E-state index in [0.29, 0.717) is 5.88 Å². The van der Waals surface area contributed by atoms with Crippen LogP contribution in [0.4, 0.5) is 0 Å². The van der Waals surface area contributed by atoms with Crippen LogP contribution in [0.25, 0.3) is 0 Å². The number of nitrogens with zero attached hydrogens (tertiary/aromatic N) is 1. The van der Waals surface area contributed by atoms with Crippen molar-refractivity contribution in [3.05, 3.63) is 53.7 Å². The molecule has 1 aromatic heterocycles. The molecule has 0 aliphatic carbocycles. The molecular weight excluding hydrogens is 236 g/mol. The Kier molecular flexibility index (Phi) is 4.93. The fourth-order valence-electron chi connectivity index (χ4n) is 1.82. The monoisotopic (exact) mass is 256 g/mol. The van der Waals surface area contributed by atoms with Crippen molar-refractivity contribution in [1.29, 1.82) is 0 Å². The number of aromatic nitrogens is 1. The van der Waals surface area contributed by atoms with Crippen molar-refractivity contribution in [2.75, 3.05) is 6.54 Å². The first kappa shape index (κ1) is 13.6. The first-order valence-corrected chi connectivity index (χ1v) is 6.75. The first-order chi connectivity index (χ1) is 9.31. The van der Waals surface area contributed by atoms with Gasteiger partial charge in [-0.05, 0) is 36.7 Å². The standard InChI is InChI=1S/C16H20N2O/c1-3-13-7-5-9-15(11-13)19-16-10-6-8-14(18-16)12-17-4-2/h5-11,17H,3-4,12H2,1-2H3. The summed E-state index contributed by atoms with van der Waals surface area (Å²) in [6.07, 6.45) is 1.01. The van der Waals surface area contributed by atoms with Gasteiger partial charge < -0.3 is 10.1 Å². The smallest absolute Gasteiger partial charge is 0.219 e. The average Bonchev–Trinajstić information content (AvgIpc) is 2.46. The molecule has 0 atom stereocenters. The molecule has 0 radical (unpaired) electrons. The Morgan fingerprint density at radius 1 is 1.11 bits per heavy atom. The molecule has 100 valence electrons. The zero-order valence-corrected chi connectivity index (χ0v) is 11.5. The second kappa shape index (κ2) is 6.90. The van der Waals surface area contributed by atoms with Crippen molar-refractivity contribution in [3.8, 4) is 11.6 Å². The topological polar surface area (TPSA) is 34.1 Å². The third kappa shape index (κ3) is 4.07. The quantitative estimate of drug-likeness (QED) is 0.858. The van der Waals surface area contributed by atoms with Gasteiger partial charge in [0.2, 0.25) is 5.88 Å². The third-order valence-electron chi connectivity index (χ3n) is 2.87. The van der Waals surface area contributed by atoms with Crippen LogP contribution in [0.15, 0.2) is 42.5 Å². The molecule has 1 aromatic carbocycles. The minimum Gasteiger partial charge on any atom is -0.439 e. The van der Waals surface area contributed by atoms with Gasteiger partial charge in [0.15, 0.2) is 0 Å². The first-order valence-electron chi connectivity index (χ1n) is 6.75. The van der Waals surface area contributed by atoms with Crippen LogP contribution in [0.5, 0.6) is 11.6 Å². The van der Waals surface area contributed by atoms with E-state index >= 15 is 0 Å². The van der Waals surface area contributed by atoms with Gasteiger partial charge in [-0.15, -0.1) is 0 Å². The van der Waals surface area contributed by atoms with E-state index in [0.717, 1.165) is 31.0 Å². The molecule has 0 unspecified atom stereocenters. The third-order valence-corrected chi connectivity index (χ3v) is 2.87. The Morgan fingerprint density at radius 2 is 1.95 bits per heavy atom. The van der Waals surface area contributed by atoms with Crippen molar-refractivity contribution >= 4 is 0 Å². The molecule has 1 heterocycles. The average molecular weight is 256 g/mol. The maximum atomic E-state index is 5.80. The molecule has 0 bridgehead atoms. The number of hydrogen-bond donors (Lipinski definition) is 1. The highest BCUT2D eigenvalue weighted by atomic mass is 16.5. The maximum absolute atomic E-state index is 5.80. The van der Waals surface area contributed by atoms with E-state index in [2.05, 4.69) is 36.3 Å². The lowest BCUT2D eigenvalue weighted by molar-refractivity contribution is 0.459. The zero-order valence-electron chi connectivity index (χ0n) is 11.5. The highest BCUT2D eigenvalue weighted by molar-refractivity contribution is 5.31. The molecule has 0 saturated carbocycles. The zero-order chi connectivity index (χ0) is 13.5. The summed E-state index contributed by atoms with van der Waals surface area (Å²) < 4.78 is 5.80. The van der Waals surface area contributed by atoms with Gasteiger partial charge in [0.1, 0.15) is 5.75 Å². The Labute approximate surface area is 114 Å². The van der Waals surface area contributed by atoms with Crippen molar-refractivity contribution in [2.45, 2.75) is 26.8 Å². The van der Waals surface area contributed by atoms with Crippen LogP contribution >= 0.6 is 0 Å². The van der Waals surface area contributed by atoms with Crippen molar-refractivity contribution < 1.29 is 4.74 Å². The molecular formula is C16H20N2O. The minimum atomic E-state index is 0.642. The number of benzene rings is 1. The molecule has 19 heavy (non-hydrogen) atoms. The number of rotatable bonds is 6. The van der Waals surface area contributed by atoms with E-state index in [1.165, 1.54) is 5.56 Å². The Morgan fingerprint density at radius 3 is 2.74 bits per heavy atom. The fraction of sp³-hybridized carbons (Fsp3) is 0.312. The van der Waals surface area contributed by atoms with Crippen LogP contribution in [0.2, 0.25) is 0 Å². The summed E-state index contributed by atoms with van der Waals surface area (Å²) in [6.45, 7) is 5.92.